The fourth-order valence-corrected chi connectivity index (χ4v) is 1.94. The maximum absolute atomic E-state index is 5.20. The van der Waals surface area contributed by atoms with Crippen LogP contribution in [-0.4, -0.2) is 23.6 Å². The van der Waals surface area contributed by atoms with E-state index >= 15 is 0 Å². The number of nitrogens with zero attached hydrogens (tertiary/aromatic N) is 1. The fourth-order valence-electron chi connectivity index (χ4n) is 1.94. The summed E-state index contributed by atoms with van der Waals surface area (Å²) in [6.07, 6.45) is 0. The largest absolute Gasteiger partial charge is 0.497 e. The van der Waals surface area contributed by atoms with Crippen molar-refractivity contribution in [3.63, 3.8) is 0 Å². The molecule has 1 aromatic carbocycles. The van der Waals surface area contributed by atoms with Crippen LogP contribution in [-0.2, 0) is 5.54 Å². The number of ether oxygens (including phenoxy) is 1. The van der Waals surface area contributed by atoms with E-state index < -0.39 is 0 Å². The predicted octanol–water partition coefficient (Wildman–Crippen LogP) is 2.42. The predicted molar refractivity (Wildman–Crippen MR) is 69.3 cm³/mol. The molecule has 1 aromatic heterocycles. The molecule has 2 rings (SSSR count). The van der Waals surface area contributed by atoms with Gasteiger partial charge in [-0.3, -0.25) is 0 Å². The van der Waals surface area contributed by atoms with Crippen LogP contribution in [0.5, 0.6) is 5.75 Å². The monoisotopic (exact) mass is 233 g/mol. The second-order valence-corrected chi connectivity index (χ2v) is 4.62. The van der Waals surface area contributed by atoms with Gasteiger partial charge < -0.3 is 15.0 Å². The van der Waals surface area contributed by atoms with E-state index in [-0.39, 0.29) is 5.54 Å². The summed E-state index contributed by atoms with van der Waals surface area (Å²) >= 11 is 0. The Kier molecular flexibility index (Phi) is 3.07. The zero-order valence-electron chi connectivity index (χ0n) is 10.8. The third-order valence-electron chi connectivity index (χ3n) is 2.90. The molecule has 0 saturated heterocycles. The van der Waals surface area contributed by atoms with Crippen molar-refractivity contribution in [3.05, 3.63) is 24.0 Å². The molecular weight excluding hydrogens is 214 g/mol. The zero-order chi connectivity index (χ0) is 12.5. The van der Waals surface area contributed by atoms with Crippen molar-refractivity contribution >= 4 is 11.0 Å². The summed E-state index contributed by atoms with van der Waals surface area (Å²) in [6, 6.07) is 5.86. The molecule has 4 nitrogen and oxygen atoms in total. The third-order valence-corrected chi connectivity index (χ3v) is 2.90. The van der Waals surface area contributed by atoms with Crippen molar-refractivity contribution in [2.75, 3.05) is 13.7 Å². The van der Waals surface area contributed by atoms with Crippen molar-refractivity contribution in [2.24, 2.45) is 0 Å². The van der Waals surface area contributed by atoms with E-state index in [9.17, 15) is 0 Å². The average molecular weight is 233 g/mol. The van der Waals surface area contributed by atoms with E-state index in [1.165, 1.54) is 0 Å². The van der Waals surface area contributed by atoms with Crippen LogP contribution in [0, 0.1) is 0 Å². The SMILES string of the molecule is CCNC(C)(C)c1nc2ccc(OC)cc2[nH]1. The molecule has 0 aliphatic heterocycles. The van der Waals surface area contributed by atoms with Gasteiger partial charge in [-0.15, -0.1) is 0 Å². The molecule has 0 spiro atoms. The third kappa shape index (κ3) is 2.26. The maximum Gasteiger partial charge on any atom is 0.127 e. The summed E-state index contributed by atoms with van der Waals surface area (Å²) in [5.74, 6) is 1.79. The van der Waals surface area contributed by atoms with Gasteiger partial charge in [-0.2, -0.15) is 0 Å². The van der Waals surface area contributed by atoms with Gasteiger partial charge in [-0.1, -0.05) is 6.92 Å². The Balaban J connectivity index is 2.44. The molecule has 0 unspecified atom stereocenters. The number of fused-ring (bicyclic) bond motifs is 1. The lowest BCUT2D eigenvalue weighted by Gasteiger charge is -2.22. The van der Waals surface area contributed by atoms with Crippen LogP contribution < -0.4 is 10.1 Å². The molecule has 17 heavy (non-hydrogen) atoms. The molecule has 0 atom stereocenters. The van der Waals surface area contributed by atoms with Gasteiger partial charge in [-0.05, 0) is 32.5 Å². The van der Waals surface area contributed by atoms with Gasteiger partial charge in [-0.25, -0.2) is 4.98 Å². The smallest absolute Gasteiger partial charge is 0.127 e. The number of aromatic amines is 1. The number of hydrogen-bond donors (Lipinski definition) is 2. The van der Waals surface area contributed by atoms with Crippen LogP contribution in [0.4, 0.5) is 0 Å². The minimum Gasteiger partial charge on any atom is -0.497 e. The van der Waals surface area contributed by atoms with Gasteiger partial charge in [0.05, 0.1) is 23.7 Å². The number of H-pyrrole nitrogens is 1. The molecular formula is C13H19N3O. The summed E-state index contributed by atoms with van der Waals surface area (Å²) in [7, 11) is 1.67. The average Bonchev–Trinajstić information content (AvgIpc) is 2.72. The highest BCUT2D eigenvalue weighted by molar-refractivity contribution is 5.77. The lowest BCUT2D eigenvalue weighted by atomic mass is 10.1. The van der Waals surface area contributed by atoms with Crippen molar-refractivity contribution < 1.29 is 4.74 Å². The molecule has 0 amide bonds. The van der Waals surface area contributed by atoms with E-state index in [1.807, 2.05) is 18.2 Å². The van der Waals surface area contributed by atoms with Crippen LogP contribution in [0.3, 0.4) is 0 Å². The summed E-state index contributed by atoms with van der Waals surface area (Å²) in [5.41, 5.74) is 1.82. The quantitative estimate of drug-likeness (QED) is 0.852. The molecule has 0 radical (unpaired) electrons. The topological polar surface area (TPSA) is 49.9 Å². The number of methoxy groups -OCH3 is 1. The summed E-state index contributed by atoms with van der Waals surface area (Å²) in [6.45, 7) is 7.23. The van der Waals surface area contributed by atoms with E-state index in [2.05, 4.69) is 36.1 Å². The Morgan fingerprint density at radius 1 is 1.41 bits per heavy atom. The number of hydrogen-bond acceptors (Lipinski definition) is 3. The lowest BCUT2D eigenvalue weighted by Crippen LogP contribution is -2.37. The van der Waals surface area contributed by atoms with Gasteiger partial charge in [0.25, 0.3) is 0 Å². The summed E-state index contributed by atoms with van der Waals surface area (Å²) < 4.78 is 5.20. The van der Waals surface area contributed by atoms with Gasteiger partial charge in [0.15, 0.2) is 0 Å². The molecule has 1 heterocycles. The molecule has 0 aliphatic rings. The van der Waals surface area contributed by atoms with Gasteiger partial charge >= 0.3 is 0 Å². The van der Waals surface area contributed by atoms with Crippen LogP contribution >= 0.6 is 0 Å². The molecule has 0 fully saturated rings. The summed E-state index contributed by atoms with van der Waals surface area (Å²) in [5, 5.41) is 3.40. The number of imidazole rings is 1. The molecule has 4 heteroatoms. The minimum absolute atomic E-state index is 0.152. The van der Waals surface area contributed by atoms with Gasteiger partial charge in [0, 0.05) is 6.07 Å². The van der Waals surface area contributed by atoms with E-state index in [0.29, 0.717) is 0 Å². The fraction of sp³-hybridized carbons (Fsp3) is 0.462. The molecule has 0 saturated carbocycles. The van der Waals surface area contributed by atoms with Crippen LogP contribution in [0.25, 0.3) is 11.0 Å². The summed E-state index contributed by atoms with van der Waals surface area (Å²) in [4.78, 5) is 7.95. The number of aromatic nitrogens is 2. The van der Waals surface area contributed by atoms with Crippen molar-refractivity contribution in [1.29, 1.82) is 0 Å². The van der Waals surface area contributed by atoms with Crippen LogP contribution in [0.1, 0.15) is 26.6 Å². The maximum atomic E-state index is 5.20. The normalized spacial score (nSPS) is 12.0. The highest BCUT2D eigenvalue weighted by atomic mass is 16.5. The highest BCUT2D eigenvalue weighted by Gasteiger charge is 2.22. The molecule has 0 bridgehead atoms. The zero-order valence-corrected chi connectivity index (χ0v) is 10.8. The van der Waals surface area contributed by atoms with Gasteiger partial charge in [0.2, 0.25) is 0 Å². The molecule has 2 N–H and O–H groups in total. The first-order valence-electron chi connectivity index (χ1n) is 5.86. The molecule has 2 aromatic rings. The second-order valence-electron chi connectivity index (χ2n) is 4.62. The van der Waals surface area contributed by atoms with Gasteiger partial charge in [0.1, 0.15) is 11.6 Å². The molecule has 0 aliphatic carbocycles. The first kappa shape index (κ1) is 11.9. The number of nitrogens with one attached hydrogen (secondary N) is 2. The Hall–Kier alpha value is -1.55. The highest BCUT2D eigenvalue weighted by Crippen LogP contribution is 2.23. The van der Waals surface area contributed by atoms with Crippen molar-refractivity contribution in [3.8, 4) is 5.75 Å². The second kappa shape index (κ2) is 4.37. The van der Waals surface area contributed by atoms with Crippen LogP contribution in [0.2, 0.25) is 0 Å². The Labute approximate surface area is 101 Å². The first-order chi connectivity index (χ1) is 8.06. The number of benzene rings is 1. The first-order valence-corrected chi connectivity index (χ1v) is 5.86. The van der Waals surface area contributed by atoms with Crippen LogP contribution in [0.15, 0.2) is 18.2 Å². The number of rotatable bonds is 4. The lowest BCUT2D eigenvalue weighted by molar-refractivity contribution is 0.395. The van der Waals surface area contributed by atoms with E-state index in [4.69, 9.17) is 4.74 Å². The van der Waals surface area contributed by atoms with Crippen molar-refractivity contribution in [1.82, 2.24) is 15.3 Å². The van der Waals surface area contributed by atoms with Crippen molar-refractivity contribution in [2.45, 2.75) is 26.3 Å². The van der Waals surface area contributed by atoms with E-state index in [0.717, 1.165) is 29.2 Å². The molecule has 92 valence electrons. The Morgan fingerprint density at radius 3 is 2.82 bits per heavy atom. The minimum atomic E-state index is -0.152. The van der Waals surface area contributed by atoms with E-state index in [1.54, 1.807) is 7.11 Å². The Bertz CT molecular complexity index is 516. The Morgan fingerprint density at radius 2 is 2.18 bits per heavy atom. The standard InChI is InChI=1S/C13H19N3O/c1-5-14-13(2,3)12-15-10-7-6-9(17-4)8-11(10)16-12/h6-8,14H,5H2,1-4H3,(H,15,16).